The van der Waals surface area contributed by atoms with Gasteiger partial charge in [-0.3, -0.25) is 5.10 Å². The van der Waals surface area contributed by atoms with Gasteiger partial charge in [0.15, 0.2) is 0 Å². The molecule has 23 heavy (non-hydrogen) atoms. The Balaban J connectivity index is 1.39. The number of ether oxygens (including phenoxy) is 1. The lowest BCUT2D eigenvalue weighted by Crippen LogP contribution is -2.35. The van der Waals surface area contributed by atoms with Crippen molar-refractivity contribution in [3.63, 3.8) is 0 Å². The molecule has 1 aliphatic heterocycles. The Bertz CT molecular complexity index is 630. The molecule has 1 aromatic heterocycles. The molecule has 3 rings (SSSR count). The monoisotopic (exact) mass is 310 g/mol. The summed E-state index contributed by atoms with van der Waals surface area (Å²) in [6, 6.07) is 11.5. The van der Waals surface area contributed by atoms with Gasteiger partial charge in [-0.1, -0.05) is 0 Å². The average Bonchev–Trinajstić information content (AvgIpc) is 3.14. The quantitative estimate of drug-likeness (QED) is 0.833. The van der Waals surface area contributed by atoms with Crippen LogP contribution in [0.5, 0.6) is 5.75 Å². The molecule has 0 saturated carbocycles. The molecule has 2 heterocycles. The van der Waals surface area contributed by atoms with Crippen LogP contribution >= 0.6 is 0 Å². The third kappa shape index (κ3) is 4.33. The van der Waals surface area contributed by atoms with E-state index in [4.69, 9.17) is 10.00 Å². The van der Waals surface area contributed by atoms with E-state index < -0.39 is 0 Å². The normalized spacial score (nSPS) is 18.5. The van der Waals surface area contributed by atoms with Gasteiger partial charge < -0.3 is 9.64 Å². The van der Waals surface area contributed by atoms with Crippen LogP contribution in [0.3, 0.4) is 0 Å². The molecule has 1 aliphatic rings. The Labute approximate surface area is 136 Å². The summed E-state index contributed by atoms with van der Waals surface area (Å²) in [5, 5.41) is 15.9. The lowest BCUT2D eigenvalue weighted by Gasteiger charge is -2.32. The highest BCUT2D eigenvalue weighted by Gasteiger charge is 2.21. The van der Waals surface area contributed by atoms with Gasteiger partial charge in [-0.15, -0.1) is 0 Å². The molecule has 1 aromatic carbocycles. The minimum Gasteiger partial charge on any atom is -0.494 e. The van der Waals surface area contributed by atoms with Crippen molar-refractivity contribution in [3.8, 4) is 11.8 Å². The number of benzene rings is 1. The van der Waals surface area contributed by atoms with Gasteiger partial charge in [-0.05, 0) is 56.1 Å². The zero-order valence-electron chi connectivity index (χ0n) is 13.2. The predicted molar refractivity (Wildman–Crippen MR) is 88.3 cm³/mol. The number of rotatable bonds is 6. The summed E-state index contributed by atoms with van der Waals surface area (Å²) in [4.78, 5) is 2.51. The summed E-state index contributed by atoms with van der Waals surface area (Å²) in [5.41, 5.74) is 1.92. The number of aromatic nitrogens is 2. The third-order valence-electron chi connectivity index (χ3n) is 4.34. The van der Waals surface area contributed by atoms with E-state index in [-0.39, 0.29) is 0 Å². The molecule has 120 valence electrons. The van der Waals surface area contributed by atoms with Crippen LogP contribution < -0.4 is 4.74 Å². The lowest BCUT2D eigenvalue weighted by molar-refractivity contribution is 0.188. The molecule has 1 saturated heterocycles. The van der Waals surface area contributed by atoms with Crippen molar-refractivity contribution < 1.29 is 4.74 Å². The Morgan fingerprint density at radius 2 is 2.17 bits per heavy atom. The lowest BCUT2D eigenvalue weighted by atomic mass is 9.95. The smallest absolute Gasteiger partial charge is 0.119 e. The van der Waals surface area contributed by atoms with Crippen LogP contribution in [0.15, 0.2) is 36.5 Å². The van der Waals surface area contributed by atoms with E-state index in [0.29, 0.717) is 18.1 Å². The number of piperidine rings is 1. The minimum absolute atomic E-state index is 0.575. The van der Waals surface area contributed by atoms with E-state index >= 15 is 0 Å². The Morgan fingerprint density at radius 1 is 1.30 bits per heavy atom. The Hall–Kier alpha value is -2.32. The van der Waals surface area contributed by atoms with Crippen LogP contribution in [0.25, 0.3) is 0 Å². The third-order valence-corrected chi connectivity index (χ3v) is 4.34. The number of hydrogen-bond donors (Lipinski definition) is 1. The van der Waals surface area contributed by atoms with E-state index in [1.165, 1.54) is 25.1 Å². The highest BCUT2D eigenvalue weighted by Crippen LogP contribution is 2.25. The highest BCUT2D eigenvalue weighted by molar-refractivity contribution is 5.34. The van der Waals surface area contributed by atoms with Crippen molar-refractivity contribution in [1.29, 1.82) is 5.26 Å². The molecule has 2 aromatic rings. The first-order chi connectivity index (χ1) is 11.3. The van der Waals surface area contributed by atoms with E-state index in [2.05, 4.69) is 27.2 Å². The second-order valence-corrected chi connectivity index (χ2v) is 5.99. The fraction of sp³-hybridized carbons (Fsp3) is 0.444. The second-order valence-electron chi connectivity index (χ2n) is 5.99. The van der Waals surface area contributed by atoms with Crippen molar-refractivity contribution in [1.82, 2.24) is 15.1 Å². The van der Waals surface area contributed by atoms with Gasteiger partial charge >= 0.3 is 0 Å². The first-order valence-electron chi connectivity index (χ1n) is 8.20. The van der Waals surface area contributed by atoms with E-state index in [1.54, 1.807) is 12.1 Å². The summed E-state index contributed by atoms with van der Waals surface area (Å²) < 4.78 is 5.74. The van der Waals surface area contributed by atoms with Crippen LogP contribution in [0.1, 0.15) is 36.4 Å². The average molecular weight is 310 g/mol. The van der Waals surface area contributed by atoms with Crippen LogP contribution in [-0.2, 0) is 0 Å². The number of nitrogens with one attached hydrogen (secondary N) is 1. The molecular formula is C18H22N4O. The maximum Gasteiger partial charge on any atom is 0.119 e. The minimum atomic E-state index is 0.575. The molecule has 0 radical (unpaired) electrons. The summed E-state index contributed by atoms with van der Waals surface area (Å²) in [7, 11) is 0. The fourth-order valence-electron chi connectivity index (χ4n) is 3.11. The first kappa shape index (κ1) is 15.6. The van der Waals surface area contributed by atoms with Crippen LogP contribution in [-0.4, -0.2) is 41.3 Å². The zero-order valence-corrected chi connectivity index (χ0v) is 13.2. The SMILES string of the molecule is N#Cc1ccc(OCCCN2CCC[C@@H](c3ccn[nH]3)C2)cc1. The molecular weight excluding hydrogens is 288 g/mol. The van der Waals surface area contributed by atoms with Gasteiger partial charge in [-0.2, -0.15) is 10.4 Å². The standard InChI is InChI=1S/C18H22N4O/c19-13-15-4-6-17(7-5-15)23-12-2-11-22-10-1-3-16(14-22)18-8-9-20-21-18/h4-9,16H,1-3,10-12,14H2,(H,20,21)/t16-/m1/s1. The molecule has 1 atom stereocenters. The van der Waals surface area contributed by atoms with Crippen LogP contribution in [0, 0.1) is 11.3 Å². The largest absolute Gasteiger partial charge is 0.494 e. The van der Waals surface area contributed by atoms with E-state index in [9.17, 15) is 0 Å². The molecule has 0 amide bonds. The molecule has 0 unspecified atom stereocenters. The number of likely N-dealkylation sites (tertiary alicyclic amines) is 1. The van der Waals surface area contributed by atoms with Crippen molar-refractivity contribution in [2.24, 2.45) is 0 Å². The van der Waals surface area contributed by atoms with Crippen LogP contribution in [0.4, 0.5) is 0 Å². The summed E-state index contributed by atoms with van der Waals surface area (Å²) in [6.45, 7) is 4.03. The van der Waals surface area contributed by atoms with Crippen molar-refractivity contribution in [3.05, 3.63) is 47.8 Å². The number of aromatic amines is 1. The topological polar surface area (TPSA) is 64.9 Å². The van der Waals surface area contributed by atoms with Crippen LogP contribution in [0.2, 0.25) is 0 Å². The molecule has 0 spiro atoms. The first-order valence-corrected chi connectivity index (χ1v) is 8.20. The second kappa shape index (κ2) is 7.80. The summed E-state index contributed by atoms with van der Waals surface area (Å²) in [6.07, 6.45) is 5.32. The molecule has 1 N–H and O–H groups in total. The zero-order chi connectivity index (χ0) is 15.9. The van der Waals surface area contributed by atoms with Gasteiger partial charge in [0.25, 0.3) is 0 Å². The number of H-pyrrole nitrogens is 1. The van der Waals surface area contributed by atoms with Crippen molar-refractivity contribution in [2.75, 3.05) is 26.2 Å². The van der Waals surface area contributed by atoms with E-state index in [0.717, 1.165) is 25.3 Å². The van der Waals surface area contributed by atoms with Gasteiger partial charge in [-0.25, -0.2) is 0 Å². The van der Waals surface area contributed by atoms with Gasteiger partial charge in [0.1, 0.15) is 5.75 Å². The molecule has 0 bridgehead atoms. The van der Waals surface area contributed by atoms with Gasteiger partial charge in [0, 0.05) is 30.9 Å². The molecule has 5 heteroatoms. The predicted octanol–water partition coefficient (Wildman–Crippen LogP) is 2.93. The number of hydrogen-bond acceptors (Lipinski definition) is 4. The molecule has 5 nitrogen and oxygen atoms in total. The van der Waals surface area contributed by atoms with Gasteiger partial charge in [0.2, 0.25) is 0 Å². The van der Waals surface area contributed by atoms with Gasteiger partial charge in [0.05, 0.1) is 18.2 Å². The maximum absolute atomic E-state index is 8.77. The maximum atomic E-state index is 8.77. The Morgan fingerprint density at radius 3 is 2.91 bits per heavy atom. The molecule has 0 aliphatic carbocycles. The number of nitrogens with zero attached hydrogens (tertiary/aromatic N) is 3. The van der Waals surface area contributed by atoms with Crippen molar-refractivity contribution >= 4 is 0 Å². The Kier molecular flexibility index (Phi) is 5.28. The number of nitriles is 1. The fourth-order valence-corrected chi connectivity index (χ4v) is 3.11. The molecule has 1 fully saturated rings. The summed E-state index contributed by atoms with van der Waals surface area (Å²) in [5.74, 6) is 1.41. The van der Waals surface area contributed by atoms with E-state index in [1.807, 2.05) is 18.3 Å². The summed E-state index contributed by atoms with van der Waals surface area (Å²) >= 11 is 0. The highest BCUT2D eigenvalue weighted by atomic mass is 16.5. The van der Waals surface area contributed by atoms with Crippen molar-refractivity contribution in [2.45, 2.75) is 25.2 Å².